The highest BCUT2D eigenvalue weighted by Gasteiger charge is 2.07. The van der Waals surface area contributed by atoms with Gasteiger partial charge in [-0.05, 0) is 25.0 Å². The Morgan fingerprint density at radius 3 is 2.82 bits per heavy atom. The van der Waals surface area contributed by atoms with Crippen LogP contribution in [0, 0.1) is 0 Å². The molecule has 90 valence electrons. The van der Waals surface area contributed by atoms with E-state index in [4.69, 9.17) is 9.52 Å². The monoisotopic (exact) mass is 235 g/mol. The maximum atomic E-state index is 11.5. The number of aromatic nitrogens is 1. The summed E-state index contributed by atoms with van der Waals surface area (Å²) < 4.78 is 6.61. The zero-order valence-electron chi connectivity index (χ0n) is 9.26. The minimum atomic E-state index is -0.811. The fraction of sp³-hybridized carbons (Fsp3) is 0.333. The molecule has 1 aromatic carbocycles. The van der Waals surface area contributed by atoms with E-state index in [1.807, 2.05) is 12.1 Å². The number of oxazole rings is 1. The Bertz CT molecular complexity index is 581. The number of nitrogens with zero attached hydrogens (tertiary/aromatic N) is 1. The second kappa shape index (κ2) is 4.86. The number of unbranched alkanes of at least 4 members (excludes halogenated alkanes) is 1. The van der Waals surface area contributed by atoms with Crippen molar-refractivity contribution >= 4 is 17.1 Å². The van der Waals surface area contributed by atoms with Crippen molar-refractivity contribution in [3.8, 4) is 0 Å². The molecule has 2 rings (SSSR count). The van der Waals surface area contributed by atoms with E-state index >= 15 is 0 Å². The molecule has 0 atom stereocenters. The van der Waals surface area contributed by atoms with E-state index in [1.54, 1.807) is 12.1 Å². The van der Waals surface area contributed by atoms with Gasteiger partial charge in [0.2, 0.25) is 0 Å². The van der Waals surface area contributed by atoms with Crippen molar-refractivity contribution < 1.29 is 14.3 Å². The molecule has 0 spiro atoms. The lowest BCUT2D eigenvalue weighted by Gasteiger charge is -2.00. The first-order valence-corrected chi connectivity index (χ1v) is 5.48. The van der Waals surface area contributed by atoms with Crippen LogP contribution >= 0.6 is 0 Å². The van der Waals surface area contributed by atoms with Gasteiger partial charge in [-0.3, -0.25) is 9.36 Å². The van der Waals surface area contributed by atoms with Gasteiger partial charge in [-0.15, -0.1) is 0 Å². The molecule has 0 aliphatic rings. The number of carbonyl (C=O) groups is 1. The van der Waals surface area contributed by atoms with E-state index in [9.17, 15) is 9.59 Å². The van der Waals surface area contributed by atoms with Gasteiger partial charge in [-0.1, -0.05) is 12.1 Å². The van der Waals surface area contributed by atoms with Crippen LogP contribution in [-0.4, -0.2) is 15.6 Å². The Morgan fingerprint density at radius 1 is 1.29 bits per heavy atom. The number of aryl methyl sites for hydroxylation is 1. The first kappa shape index (κ1) is 11.4. The van der Waals surface area contributed by atoms with Gasteiger partial charge < -0.3 is 9.52 Å². The van der Waals surface area contributed by atoms with Gasteiger partial charge >= 0.3 is 11.7 Å². The van der Waals surface area contributed by atoms with Crippen LogP contribution in [0.25, 0.3) is 11.1 Å². The molecule has 0 aliphatic carbocycles. The lowest BCUT2D eigenvalue weighted by Crippen LogP contribution is -2.14. The van der Waals surface area contributed by atoms with E-state index < -0.39 is 5.97 Å². The third-order valence-electron chi connectivity index (χ3n) is 2.60. The number of hydrogen-bond donors (Lipinski definition) is 1. The Hall–Kier alpha value is -2.04. The number of aliphatic carboxylic acids is 1. The molecule has 5 nitrogen and oxygen atoms in total. The van der Waals surface area contributed by atoms with Crippen LogP contribution in [0.1, 0.15) is 19.3 Å². The van der Waals surface area contributed by atoms with Crippen LogP contribution in [0.4, 0.5) is 0 Å². The molecule has 2 aromatic rings. The highest BCUT2D eigenvalue weighted by atomic mass is 16.4. The van der Waals surface area contributed by atoms with Crippen LogP contribution in [0.3, 0.4) is 0 Å². The molecular formula is C12H13NO4. The van der Waals surface area contributed by atoms with Crippen molar-refractivity contribution in [1.29, 1.82) is 0 Å². The zero-order chi connectivity index (χ0) is 12.3. The number of para-hydroxylation sites is 2. The van der Waals surface area contributed by atoms with E-state index in [0.29, 0.717) is 25.0 Å². The molecule has 0 radical (unpaired) electrons. The van der Waals surface area contributed by atoms with Gasteiger partial charge in [0.15, 0.2) is 5.58 Å². The third kappa shape index (κ3) is 2.55. The van der Waals surface area contributed by atoms with Crippen molar-refractivity contribution in [2.45, 2.75) is 25.8 Å². The molecule has 1 heterocycles. The van der Waals surface area contributed by atoms with Crippen molar-refractivity contribution in [3.63, 3.8) is 0 Å². The summed E-state index contributed by atoms with van der Waals surface area (Å²) in [6.45, 7) is 0.489. The fourth-order valence-electron chi connectivity index (χ4n) is 1.77. The number of rotatable bonds is 5. The lowest BCUT2D eigenvalue weighted by atomic mass is 10.2. The van der Waals surface area contributed by atoms with Gasteiger partial charge in [0.25, 0.3) is 0 Å². The molecule has 5 heteroatoms. The predicted molar refractivity (Wildman–Crippen MR) is 62.0 cm³/mol. The smallest absolute Gasteiger partial charge is 0.419 e. The normalized spacial score (nSPS) is 10.8. The molecule has 0 unspecified atom stereocenters. The standard InChI is InChI=1S/C12H13NO4/c14-11(15)7-3-4-8-13-9-5-1-2-6-10(9)17-12(13)16/h1-2,5-6H,3-4,7-8H2,(H,14,15). The first-order chi connectivity index (χ1) is 8.18. The summed E-state index contributed by atoms with van der Waals surface area (Å²) in [5.74, 6) is -1.20. The number of benzene rings is 1. The highest BCUT2D eigenvalue weighted by Crippen LogP contribution is 2.12. The van der Waals surface area contributed by atoms with E-state index in [2.05, 4.69) is 0 Å². The summed E-state index contributed by atoms with van der Waals surface area (Å²) in [4.78, 5) is 21.9. The van der Waals surface area contributed by atoms with Crippen LogP contribution in [-0.2, 0) is 11.3 Å². The largest absolute Gasteiger partial charge is 0.481 e. The molecule has 0 amide bonds. The quantitative estimate of drug-likeness (QED) is 0.803. The average Bonchev–Trinajstić information content (AvgIpc) is 2.60. The number of fused-ring (bicyclic) bond motifs is 1. The van der Waals surface area contributed by atoms with Gasteiger partial charge in [0.1, 0.15) is 0 Å². The van der Waals surface area contributed by atoms with Gasteiger partial charge in [0, 0.05) is 13.0 Å². The second-order valence-corrected chi connectivity index (χ2v) is 3.84. The van der Waals surface area contributed by atoms with Crippen molar-refractivity contribution in [3.05, 3.63) is 34.8 Å². The van der Waals surface area contributed by atoms with Crippen LogP contribution < -0.4 is 5.76 Å². The van der Waals surface area contributed by atoms with Gasteiger partial charge in [0.05, 0.1) is 5.52 Å². The minimum Gasteiger partial charge on any atom is -0.481 e. The molecule has 0 aliphatic heterocycles. The summed E-state index contributed by atoms with van der Waals surface area (Å²) in [5.41, 5.74) is 1.32. The Balaban J connectivity index is 2.10. The highest BCUT2D eigenvalue weighted by molar-refractivity contribution is 5.72. The zero-order valence-corrected chi connectivity index (χ0v) is 9.26. The first-order valence-electron chi connectivity index (χ1n) is 5.48. The van der Waals surface area contributed by atoms with E-state index in [1.165, 1.54) is 4.57 Å². The van der Waals surface area contributed by atoms with Crippen LogP contribution in [0.5, 0.6) is 0 Å². The van der Waals surface area contributed by atoms with E-state index in [0.717, 1.165) is 5.52 Å². The molecular weight excluding hydrogens is 222 g/mol. The SMILES string of the molecule is O=C(O)CCCCn1c(=O)oc2ccccc21. The molecule has 0 saturated carbocycles. The molecule has 17 heavy (non-hydrogen) atoms. The minimum absolute atomic E-state index is 0.129. The number of carboxylic acids is 1. The van der Waals surface area contributed by atoms with Gasteiger partial charge in [-0.25, -0.2) is 4.79 Å². The molecule has 1 N–H and O–H groups in total. The van der Waals surface area contributed by atoms with Crippen LogP contribution in [0.15, 0.2) is 33.5 Å². The molecule has 0 saturated heterocycles. The Morgan fingerprint density at radius 2 is 2.06 bits per heavy atom. The summed E-state index contributed by atoms with van der Waals surface area (Å²) in [7, 11) is 0. The molecule has 0 bridgehead atoms. The topological polar surface area (TPSA) is 72.4 Å². The van der Waals surface area contributed by atoms with Crippen molar-refractivity contribution in [1.82, 2.24) is 4.57 Å². The van der Waals surface area contributed by atoms with E-state index in [-0.39, 0.29) is 12.2 Å². The van der Waals surface area contributed by atoms with Crippen molar-refractivity contribution in [2.24, 2.45) is 0 Å². The molecule has 0 fully saturated rings. The average molecular weight is 235 g/mol. The maximum absolute atomic E-state index is 11.5. The summed E-state index contributed by atoms with van der Waals surface area (Å²) >= 11 is 0. The summed E-state index contributed by atoms with van der Waals surface area (Å²) in [5, 5.41) is 8.51. The lowest BCUT2D eigenvalue weighted by molar-refractivity contribution is -0.137. The van der Waals surface area contributed by atoms with Gasteiger partial charge in [-0.2, -0.15) is 0 Å². The predicted octanol–water partition coefficient (Wildman–Crippen LogP) is 1.85. The fourth-order valence-corrected chi connectivity index (χ4v) is 1.77. The number of carboxylic acid groups (broad SMARTS) is 1. The van der Waals surface area contributed by atoms with Crippen LogP contribution in [0.2, 0.25) is 0 Å². The molecule has 1 aromatic heterocycles. The Labute approximate surface area is 97.3 Å². The third-order valence-corrected chi connectivity index (χ3v) is 2.60. The summed E-state index contributed by atoms with van der Waals surface area (Å²) in [6.07, 6.45) is 1.33. The summed E-state index contributed by atoms with van der Waals surface area (Å²) in [6, 6.07) is 7.20. The number of hydrogen-bond acceptors (Lipinski definition) is 3. The van der Waals surface area contributed by atoms with Crippen molar-refractivity contribution in [2.75, 3.05) is 0 Å². The Kier molecular flexibility index (Phi) is 3.27. The second-order valence-electron chi connectivity index (χ2n) is 3.84. The maximum Gasteiger partial charge on any atom is 0.419 e.